The monoisotopic (exact) mass is 260 g/mol. The average Bonchev–Trinajstić information content (AvgIpc) is 2.99. The van der Waals surface area contributed by atoms with E-state index in [1.165, 1.54) is 0 Å². The topological polar surface area (TPSA) is 60.3 Å². The summed E-state index contributed by atoms with van der Waals surface area (Å²) in [5.41, 5.74) is 0.767. The smallest absolute Gasteiger partial charge is 0.414 e. The minimum atomic E-state index is -0.351. The van der Waals surface area contributed by atoms with Gasteiger partial charge >= 0.3 is 6.09 Å². The summed E-state index contributed by atoms with van der Waals surface area (Å²) in [5, 5.41) is 7.58. The highest BCUT2D eigenvalue weighted by Crippen LogP contribution is 2.19. The molecule has 1 amide bonds. The number of amides is 1. The van der Waals surface area contributed by atoms with Gasteiger partial charge in [-0.05, 0) is 19.1 Å². The molecule has 1 aromatic rings. The molecule has 2 heterocycles. The third-order valence-electron chi connectivity index (χ3n) is 2.67. The van der Waals surface area contributed by atoms with Crippen LogP contribution < -0.4 is 0 Å². The van der Waals surface area contributed by atoms with Gasteiger partial charge < -0.3 is 4.74 Å². The molecular weight excluding hydrogens is 244 g/mol. The molecule has 1 atom stereocenters. The first kappa shape index (κ1) is 13.1. The molecule has 2 rings (SSSR count). The molecule has 6 nitrogen and oxygen atoms in total. The fourth-order valence-corrected chi connectivity index (χ4v) is 1.89. The Balaban J connectivity index is 2.06. The minimum absolute atomic E-state index is 0.229. The Morgan fingerprint density at radius 1 is 1.68 bits per heavy atom. The maximum absolute atomic E-state index is 11.9. The standard InChI is InChI=1S/C13H16N4O2/c1-3-5-11(6-4-2)17-10-12(19-13(17)18)9-16-8-7-14-15-16/h3-8,12H,1,9-10H2,2H3. The van der Waals surface area contributed by atoms with E-state index in [1.807, 2.05) is 19.1 Å². The van der Waals surface area contributed by atoms with Crippen LogP contribution in [0.15, 0.2) is 49.0 Å². The molecule has 0 aromatic carbocycles. The van der Waals surface area contributed by atoms with Crippen LogP contribution in [0.3, 0.4) is 0 Å². The number of carbonyl (C=O) groups excluding carboxylic acids is 1. The number of rotatable bonds is 5. The second-order valence-corrected chi connectivity index (χ2v) is 4.07. The maximum Gasteiger partial charge on any atom is 0.414 e. The summed E-state index contributed by atoms with van der Waals surface area (Å²) in [7, 11) is 0. The molecule has 1 aliphatic rings. The number of hydrogen-bond acceptors (Lipinski definition) is 4. The van der Waals surface area contributed by atoms with Crippen LogP contribution in [0.25, 0.3) is 0 Å². The largest absolute Gasteiger partial charge is 0.442 e. The van der Waals surface area contributed by atoms with Gasteiger partial charge in [0.05, 0.1) is 19.3 Å². The molecule has 1 unspecified atom stereocenters. The molecule has 1 aromatic heterocycles. The summed E-state index contributed by atoms with van der Waals surface area (Å²) in [6, 6.07) is 0. The zero-order chi connectivity index (χ0) is 13.7. The van der Waals surface area contributed by atoms with Gasteiger partial charge in [-0.3, -0.25) is 4.90 Å². The van der Waals surface area contributed by atoms with Crippen LogP contribution in [0.5, 0.6) is 0 Å². The fourth-order valence-electron chi connectivity index (χ4n) is 1.89. The van der Waals surface area contributed by atoms with Crippen LogP contribution in [0, 0.1) is 0 Å². The predicted octanol–water partition coefficient (Wildman–Crippen LogP) is 1.74. The number of nitrogens with zero attached hydrogens (tertiary/aromatic N) is 4. The van der Waals surface area contributed by atoms with Gasteiger partial charge in [-0.25, -0.2) is 9.48 Å². The van der Waals surface area contributed by atoms with Gasteiger partial charge in [0.1, 0.15) is 6.10 Å². The molecule has 0 saturated carbocycles. The Morgan fingerprint density at radius 2 is 2.53 bits per heavy atom. The quantitative estimate of drug-likeness (QED) is 0.757. The van der Waals surface area contributed by atoms with Crippen molar-refractivity contribution in [3.05, 3.63) is 49.0 Å². The lowest BCUT2D eigenvalue weighted by Crippen LogP contribution is -2.25. The van der Waals surface area contributed by atoms with Crippen LogP contribution >= 0.6 is 0 Å². The second-order valence-electron chi connectivity index (χ2n) is 4.07. The molecule has 19 heavy (non-hydrogen) atoms. The van der Waals surface area contributed by atoms with Gasteiger partial charge in [-0.1, -0.05) is 23.9 Å². The number of allylic oxidation sites excluding steroid dienone is 4. The molecule has 1 saturated heterocycles. The first-order chi connectivity index (χ1) is 9.24. The summed E-state index contributed by atoms with van der Waals surface area (Å²) < 4.78 is 6.96. The second kappa shape index (κ2) is 5.99. The third kappa shape index (κ3) is 3.09. The van der Waals surface area contributed by atoms with Gasteiger partial charge in [-0.2, -0.15) is 0 Å². The maximum atomic E-state index is 11.9. The Bertz CT molecular complexity index is 505. The van der Waals surface area contributed by atoms with E-state index < -0.39 is 0 Å². The SMILES string of the molecule is C=CC=C(C=CC)N1CC(Cn2ccnn2)OC1=O. The van der Waals surface area contributed by atoms with Crippen LogP contribution in [0.1, 0.15) is 6.92 Å². The zero-order valence-electron chi connectivity index (χ0n) is 10.8. The van der Waals surface area contributed by atoms with Crippen molar-refractivity contribution in [2.24, 2.45) is 0 Å². The van der Waals surface area contributed by atoms with Gasteiger partial charge in [0.25, 0.3) is 0 Å². The van der Waals surface area contributed by atoms with Crippen LogP contribution in [-0.4, -0.2) is 38.6 Å². The van der Waals surface area contributed by atoms with Crippen molar-refractivity contribution in [2.45, 2.75) is 19.6 Å². The molecule has 0 bridgehead atoms. The van der Waals surface area contributed by atoms with Gasteiger partial charge in [0.15, 0.2) is 0 Å². The predicted molar refractivity (Wildman–Crippen MR) is 70.1 cm³/mol. The van der Waals surface area contributed by atoms with E-state index in [-0.39, 0.29) is 12.2 Å². The lowest BCUT2D eigenvalue weighted by atomic mass is 10.3. The zero-order valence-corrected chi connectivity index (χ0v) is 10.8. The first-order valence-electron chi connectivity index (χ1n) is 6.02. The minimum Gasteiger partial charge on any atom is -0.442 e. The third-order valence-corrected chi connectivity index (χ3v) is 2.67. The Hall–Kier alpha value is -2.37. The highest BCUT2D eigenvalue weighted by atomic mass is 16.6. The van der Waals surface area contributed by atoms with E-state index in [0.29, 0.717) is 13.1 Å². The van der Waals surface area contributed by atoms with E-state index in [1.54, 1.807) is 34.1 Å². The molecule has 1 aliphatic heterocycles. The Kier molecular flexibility index (Phi) is 4.12. The average molecular weight is 260 g/mol. The lowest BCUT2D eigenvalue weighted by Gasteiger charge is -2.13. The highest BCUT2D eigenvalue weighted by molar-refractivity contribution is 5.73. The Morgan fingerprint density at radius 3 is 3.16 bits per heavy atom. The summed E-state index contributed by atoms with van der Waals surface area (Å²) >= 11 is 0. The number of carbonyl (C=O) groups is 1. The molecular formula is C13H16N4O2. The molecule has 0 spiro atoms. The van der Waals surface area contributed by atoms with E-state index in [9.17, 15) is 4.79 Å². The van der Waals surface area contributed by atoms with Crippen molar-refractivity contribution in [2.75, 3.05) is 6.54 Å². The van der Waals surface area contributed by atoms with E-state index in [0.717, 1.165) is 5.70 Å². The number of hydrogen-bond donors (Lipinski definition) is 0. The van der Waals surface area contributed by atoms with Crippen molar-refractivity contribution >= 4 is 6.09 Å². The van der Waals surface area contributed by atoms with Gasteiger partial charge in [0.2, 0.25) is 0 Å². The number of aromatic nitrogens is 3. The van der Waals surface area contributed by atoms with E-state index in [2.05, 4.69) is 16.9 Å². The van der Waals surface area contributed by atoms with Crippen molar-refractivity contribution in [1.29, 1.82) is 0 Å². The fraction of sp³-hybridized carbons (Fsp3) is 0.308. The van der Waals surface area contributed by atoms with E-state index >= 15 is 0 Å². The molecule has 0 N–H and O–H groups in total. The molecule has 0 aliphatic carbocycles. The summed E-state index contributed by atoms with van der Waals surface area (Å²) in [6.07, 6.45) is 9.89. The van der Waals surface area contributed by atoms with Crippen molar-refractivity contribution in [3.8, 4) is 0 Å². The summed E-state index contributed by atoms with van der Waals surface area (Å²) in [4.78, 5) is 13.4. The summed E-state index contributed by atoms with van der Waals surface area (Å²) in [5.74, 6) is 0. The van der Waals surface area contributed by atoms with E-state index in [4.69, 9.17) is 4.74 Å². The highest BCUT2D eigenvalue weighted by Gasteiger charge is 2.32. The van der Waals surface area contributed by atoms with Crippen LogP contribution in [0.4, 0.5) is 4.79 Å². The normalized spacial score (nSPS) is 20.1. The van der Waals surface area contributed by atoms with Crippen molar-refractivity contribution in [1.82, 2.24) is 19.9 Å². The number of ether oxygens (including phenoxy) is 1. The van der Waals surface area contributed by atoms with Crippen LogP contribution in [0.2, 0.25) is 0 Å². The molecule has 6 heteroatoms. The van der Waals surface area contributed by atoms with Crippen molar-refractivity contribution in [3.63, 3.8) is 0 Å². The molecule has 1 fully saturated rings. The summed E-state index contributed by atoms with van der Waals surface area (Å²) in [6.45, 7) is 6.53. The van der Waals surface area contributed by atoms with Gasteiger partial charge in [0, 0.05) is 11.9 Å². The Labute approximate surface area is 111 Å². The molecule has 100 valence electrons. The lowest BCUT2D eigenvalue weighted by molar-refractivity contribution is 0.124. The number of cyclic esters (lactones) is 1. The van der Waals surface area contributed by atoms with Gasteiger partial charge in [-0.15, -0.1) is 5.10 Å². The van der Waals surface area contributed by atoms with Crippen LogP contribution in [-0.2, 0) is 11.3 Å². The first-order valence-corrected chi connectivity index (χ1v) is 6.02. The molecule has 0 radical (unpaired) electrons. The van der Waals surface area contributed by atoms with Crippen molar-refractivity contribution < 1.29 is 9.53 Å².